The van der Waals surface area contributed by atoms with E-state index in [4.69, 9.17) is 0 Å². The predicted octanol–water partition coefficient (Wildman–Crippen LogP) is 4.54. The van der Waals surface area contributed by atoms with E-state index in [2.05, 4.69) is 39.2 Å². The Hall–Kier alpha value is -2.30. The predicted molar refractivity (Wildman–Crippen MR) is 110 cm³/mol. The van der Waals surface area contributed by atoms with Gasteiger partial charge in [0.2, 0.25) is 0 Å². The third-order valence-electron chi connectivity index (χ3n) is 5.65. The van der Waals surface area contributed by atoms with E-state index in [-0.39, 0.29) is 5.82 Å². The van der Waals surface area contributed by atoms with Gasteiger partial charge in [-0.15, -0.1) is 0 Å². The Morgan fingerprint density at radius 3 is 2.63 bits per heavy atom. The molecule has 2 aliphatic rings. The summed E-state index contributed by atoms with van der Waals surface area (Å²) < 4.78 is 13.6. The molecule has 0 bridgehead atoms. The third kappa shape index (κ3) is 4.52. The molecule has 0 amide bonds. The fourth-order valence-corrected chi connectivity index (χ4v) is 4.40. The molecule has 4 rings (SSSR count). The molecule has 0 spiro atoms. The number of benzene rings is 1. The molecule has 2 saturated heterocycles. The molecule has 0 radical (unpaired) electrons. The average molecular weight is 368 g/mol. The Kier molecular flexibility index (Phi) is 5.46. The molecule has 27 heavy (non-hydrogen) atoms. The molecule has 3 heterocycles. The number of halogens is 1. The first-order valence-electron chi connectivity index (χ1n) is 10.2. The van der Waals surface area contributed by atoms with Crippen molar-refractivity contribution in [3.05, 3.63) is 48.4 Å². The van der Waals surface area contributed by atoms with Gasteiger partial charge in [0.05, 0.1) is 0 Å². The van der Waals surface area contributed by atoms with Gasteiger partial charge in [0, 0.05) is 55.9 Å². The number of hydrogen-bond acceptors (Lipinski definition) is 4. The van der Waals surface area contributed by atoms with Crippen LogP contribution in [0.5, 0.6) is 0 Å². The van der Waals surface area contributed by atoms with Gasteiger partial charge in [0.15, 0.2) is 0 Å². The van der Waals surface area contributed by atoms with Gasteiger partial charge in [-0.3, -0.25) is 0 Å². The summed E-state index contributed by atoms with van der Waals surface area (Å²) in [5.74, 6) is 1.31. The lowest BCUT2D eigenvalue weighted by atomic mass is 9.95. The van der Waals surface area contributed by atoms with Crippen LogP contribution in [0.15, 0.2) is 42.6 Å². The minimum absolute atomic E-state index is 0.175. The van der Waals surface area contributed by atoms with Crippen LogP contribution in [0.25, 0.3) is 0 Å². The zero-order chi connectivity index (χ0) is 18.6. The number of anilines is 3. The SMILES string of the molecule is CC1CC(Nc2cc(N3CCCCC3)ccn2)CN(c2cccc(F)c2)C1. The van der Waals surface area contributed by atoms with Crippen molar-refractivity contribution in [2.24, 2.45) is 5.92 Å². The number of aromatic nitrogens is 1. The molecular weight excluding hydrogens is 339 g/mol. The molecule has 1 N–H and O–H groups in total. The van der Waals surface area contributed by atoms with Gasteiger partial charge in [-0.1, -0.05) is 13.0 Å². The van der Waals surface area contributed by atoms with Crippen LogP contribution in [0.4, 0.5) is 21.6 Å². The highest BCUT2D eigenvalue weighted by atomic mass is 19.1. The normalized spacial score (nSPS) is 23.3. The van der Waals surface area contributed by atoms with Crippen molar-refractivity contribution < 1.29 is 4.39 Å². The zero-order valence-electron chi connectivity index (χ0n) is 16.1. The molecule has 2 aromatic rings. The van der Waals surface area contributed by atoms with Crippen molar-refractivity contribution in [2.45, 2.75) is 38.6 Å². The molecule has 0 saturated carbocycles. The summed E-state index contributed by atoms with van der Waals surface area (Å²) in [6.07, 6.45) is 6.88. The van der Waals surface area contributed by atoms with Gasteiger partial charge in [0.1, 0.15) is 11.6 Å². The number of pyridine rings is 1. The minimum Gasteiger partial charge on any atom is -0.371 e. The molecular formula is C22H29FN4. The van der Waals surface area contributed by atoms with Gasteiger partial charge < -0.3 is 15.1 Å². The summed E-state index contributed by atoms with van der Waals surface area (Å²) in [5, 5.41) is 3.63. The highest BCUT2D eigenvalue weighted by Crippen LogP contribution is 2.27. The van der Waals surface area contributed by atoms with Crippen molar-refractivity contribution in [3.8, 4) is 0 Å². The maximum absolute atomic E-state index is 13.6. The largest absolute Gasteiger partial charge is 0.371 e. The fourth-order valence-electron chi connectivity index (χ4n) is 4.40. The number of rotatable bonds is 4. The Labute approximate surface area is 161 Å². The molecule has 4 nitrogen and oxygen atoms in total. The fraction of sp³-hybridized carbons (Fsp3) is 0.500. The van der Waals surface area contributed by atoms with Crippen LogP contribution in [0.1, 0.15) is 32.6 Å². The van der Waals surface area contributed by atoms with E-state index >= 15 is 0 Å². The second kappa shape index (κ2) is 8.15. The first-order valence-corrected chi connectivity index (χ1v) is 10.2. The quantitative estimate of drug-likeness (QED) is 0.859. The van der Waals surface area contributed by atoms with E-state index in [1.165, 1.54) is 31.0 Å². The summed E-state index contributed by atoms with van der Waals surface area (Å²) in [5.41, 5.74) is 2.22. The number of nitrogens with zero attached hydrogens (tertiary/aromatic N) is 3. The van der Waals surface area contributed by atoms with Crippen LogP contribution in [0.3, 0.4) is 0 Å². The third-order valence-corrected chi connectivity index (χ3v) is 5.65. The van der Waals surface area contributed by atoms with Crippen molar-refractivity contribution >= 4 is 17.2 Å². The van der Waals surface area contributed by atoms with E-state index in [9.17, 15) is 4.39 Å². The topological polar surface area (TPSA) is 31.4 Å². The van der Waals surface area contributed by atoms with E-state index < -0.39 is 0 Å². The van der Waals surface area contributed by atoms with Gasteiger partial charge in [0.25, 0.3) is 0 Å². The first kappa shape index (κ1) is 18.1. The Morgan fingerprint density at radius 2 is 1.81 bits per heavy atom. The van der Waals surface area contributed by atoms with Crippen molar-refractivity contribution in [1.29, 1.82) is 0 Å². The molecule has 1 aromatic carbocycles. The lowest BCUT2D eigenvalue weighted by Crippen LogP contribution is -2.45. The second-order valence-corrected chi connectivity index (χ2v) is 8.01. The van der Waals surface area contributed by atoms with Crippen LogP contribution < -0.4 is 15.1 Å². The summed E-state index contributed by atoms with van der Waals surface area (Å²) in [7, 11) is 0. The van der Waals surface area contributed by atoms with Crippen LogP contribution in [-0.2, 0) is 0 Å². The monoisotopic (exact) mass is 368 g/mol. The lowest BCUT2D eigenvalue weighted by molar-refractivity contribution is 0.416. The minimum atomic E-state index is -0.175. The Balaban J connectivity index is 1.45. The maximum atomic E-state index is 13.6. The highest BCUT2D eigenvalue weighted by Gasteiger charge is 2.25. The van der Waals surface area contributed by atoms with E-state index in [1.807, 2.05) is 12.3 Å². The van der Waals surface area contributed by atoms with Crippen LogP contribution in [-0.4, -0.2) is 37.2 Å². The first-order chi connectivity index (χ1) is 13.2. The maximum Gasteiger partial charge on any atom is 0.128 e. The molecule has 144 valence electrons. The van der Waals surface area contributed by atoms with E-state index in [1.54, 1.807) is 12.1 Å². The number of hydrogen-bond donors (Lipinski definition) is 1. The average Bonchev–Trinajstić information content (AvgIpc) is 2.68. The van der Waals surface area contributed by atoms with Gasteiger partial charge in [-0.05, 0) is 55.9 Å². The summed E-state index contributed by atoms with van der Waals surface area (Å²) in [4.78, 5) is 9.29. The Morgan fingerprint density at radius 1 is 1.00 bits per heavy atom. The zero-order valence-corrected chi connectivity index (χ0v) is 16.1. The molecule has 2 aliphatic heterocycles. The molecule has 2 atom stereocenters. The highest BCUT2D eigenvalue weighted by molar-refractivity contribution is 5.55. The van der Waals surface area contributed by atoms with Crippen molar-refractivity contribution in [3.63, 3.8) is 0 Å². The second-order valence-electron chi connectivity index (χ2n) is 8.01. The van der Waals surface area contributed by atoms with Crippen LogP contribution >= 0.6 is 0 Å². The van der Waals surface area contributed by atoms with Crippen molar-refractivity contribution in [2.75, 3.05) is 41.3 Å². The van der Waals surface area contributed by atoms with Gasteiger partial charge in [-0.2, -0.15) is 0 Å². The Bertz CT molecular complexity index is 759. The molecule has 5 heteroatoms. The summed E-state index contributed by atoms with van der Waals surface area (Å²) >= 11 is 0. The van der Waals surface area contributed by atoms with E-state index in [0.717, 1.165) is 44.1 Å². The lowest BCUT2D eigenvalue weighted by Gasteiger charge is -2.38. The van der Waals surface area contributed by atoms with Gasteiger partial charge >= 0.3 is 0 Å². The summed E-state index contributed by atoms with van der Waals surface area (Å²) in [6.45, 7) is 6.36. The molecule has 1 aromatic heterocycles. The van der Waals surface area contributed by atoms with Crippen LogP contribution in [0, 0.1) is 11.7 Å². The van der Waals surface area contributed by atoms with Gasteiger partial charge in [-0.25, -0.2) is 9.37 Å². The molecule has 0 aliphatic carbocycles. The standard InChI is InChI=1S/C22H29FN4/c1-17-12-19(16-27(15-17)20-7-5-6-18(23)13-20)25-22-14-21(8-9-24-22)26-10-3-2-4-11-26/h5-9,13-14,17,19H,2-4,10-12,15-16H2,1H3,(H,24,25). The molecule has 2 unspecified atom stereocenters. The smallest absolute Gasteiger partial charge is 0.128 e. The number of nitrogens with one attached hydrogen (secondary N) is 1. The molecule has 2 fully saturated rings. The summed E-state index contributed by atoms with van der Waals surface area (Å²) in [6, 6.07) is 11.5. The van der Waals surface area contributed by atoms with Crippen LogP contribution in [0.2, 0.25) is 0 Å². The number of piperidine rings is 2. The van der Waals surface area contributed by atoms with E-state index in [0.29, 0.717) is 12.0 Å². The van der Waals surface area contributed by atoms with Crippen molar-refractivity contribution in [1.82, 2.24) is 4.98 Å².